The number of sulfonamides is 1. The van der Waals surface area contributed by atoms with E-state index in [2.05, 4.69) is 4.72 Å². The molecule has 7 heteroatoms. The van der Waals surface area contributed by atoms with Crippen molar-refractivity contribution in [2.24, 2.45) is 0 Å². The molecule has 0 heterocycles. The minimum atomic E-state index is -3.94. The molecule has 1 fully saturated rings. The van der Waals surface area contributed by atoms with Gasteiger partial charge in [0.05, 0.1) is 6.10 Å². The van der Waals surface area contributed by atoms with E-state index >= 15 is 0 Å². The Morgan fingerprint density at radius 2 is 2.20 bits per heavy atom. The molecule has 2 atom stereocenters. The first-order chi connectivity index (χ1) is 9.49. The number of halogens is 1. The highest BCUT2D eigenvalue weighted by Gasteiger charge is 2.32. The maximum absolute atomic E-state index is 13.5. The first-order valence-electron chi connectivity index (χ1n) is 6.23. The second-order valence-corrected chi connectivity index (χ2v) is 6.34. The van der Waals surface area contributed by atoms with Crippen LogP contribution in [0.1, 0.15) is 24.8 Å². The molecule has 1 saturated carbocycles. The molecule has 0 bridgehead atoms. The van der Waals surface area contributed by atoms with Gasteiger partial charge in [-0.05, 0) is 31.4 Å². The van der Waals surface area contributed by atoms with Crippen molar-refractivity contribution in [3.8, 4) is 6.07 Å². The summed E-state index contributed by atoms with van der Waals surface area (Å²) in [5.74, 6) is -0.843. The molecule has 1 aliphatic carbocycles. The second-order valence-electron chi connectivity index (χ2n) is 4.66. The average molecular weight is 298 g/mol. The maximum atomic E-state index is 13.5. The van der Waals surface area contributed by atoms with Crippen LogP contribution in [0.25, 0.3) is 0 Å². The van der Waals surface area contributed by atoms with E-state index in [4.69, 9.17) is 10.00 Å². The topological polar surface area (TPSA) is 79.2 Å². The fraction of sp³-hybridized carbons (Fsp3) is 0.462. The first kappa shape index (κ1) is 14.9. The van der Waals surface area contributed by atoms with Gasteiger partial charge < -0.3 is 4.74 Å². The molecule has 108 valence electrons. The molecule has 1 aromatic carbocycles. The molecule has 20 heavy (non-hydrogen) atoms. The Kier molecular flexibility index (Phi) is 4.38. The standard InChI is InChI=1S/C13H15FN2O3S/c1-19-12-6-3-5-11(12)16-20(17,18)13-7-2-4-10(14)9(13)8-15/h2,4,7,11-12,16H,3,5-6H2,1H3. The molecular weight excluding hydrogens is 283 g/mol. The summed E-state index contributed by atoms with van der Waals surface area (Å²) in [6.07, 6.45) is 2.11. The van der Waals surface area contributed by atoms with Gasteiger partial charge in [0.15, 0.2) is 0 Å². The molecule has 0 aromatic heterocycles. The van der Waals surface area contributed by atoms with Crippen molar-refractivity contribution < 1.29 is 17.5 Å². The van der Waals surface area contributed by atoms with E-state index < -0.39 is 21.4 Å². The number of ether oxygens (including phenoxy) is 1. The van der Waals surface area contributed by atoms with Crippen LogP contribution in [0.5, 0.6) is 0 Å². The zero-order chi connectivity index (χ0) is 14.8. The quantitative estimate of drug-likeness (QED) is 0.914. The summed E-state index contributed by atoms with van der Waals surface area (Å²) in [6, 6.07) is 4.80. The van der Waals surface area contributed by atoms with Crippen molar-refractivity contribution in [3.05, 3.63) is 29.6 Å². The Morgan fingerprint density at radius 3 is 2.85 bits per heavy atom. The van der Waals surface area contributed by atoms with E-state index in [1.807, 2.05) is 0 Å². The zero-order valence-electron chi connectivity index (χ0n) is 11.0. The van der Waals surface area contributed by atoms with Gasteiger partial charge in [-0.15, -0.1) is 0 Å². The maximum Gasteiger partial charge on any atom is 0.242 e. The SMILES string of the molecule is COC1CCCC1NS(=O)(=O)c1cccc(F)c1C#N. The van der Waals surface area contributed by atoms with Crippen LogP contribution < -0.4 is 4.72 Å². The zero-order valence-corrected chi connectivity index (χ0v) is 11.8. The number of nitrogens with one attached hydrogen (secondary N) is 1. The summed E-state index contributed by atoms with van der Waals surface area (Å²) >= 11 is 0. The lowest BCUT2D eigenvalue weighted by atomic mass is 10.2. The lowest BCUT2D eigenvalue weighted by molar-refractivity contribution is 0.0916. The highest BCUT2D eigenvalue weighted by Crippen LogP contribution is 2.25. The van der Waals surface area contributed by atoms with Gasteiger partial charge >= 0.3 is 0 Å². The van der Waals surface area contributed by atoms with Gasteiger partial charge in [-0.25, -0.2) is 17.5 Å². The Balaban J connectivity index is 2.32. The Labute approximate surface area is 117 Å². The normalized spacial score (nSPS) is 22.6. The van der Waals surface area contributed by atoms with Gasteiger partial charge in [0.25, 0.3) is 0 Å². The molecule has 0 radical (unpaired) electrons. The fourth-order valence-corrected chi connectivity index (χ4v) is 3.91. The number of rotatable bonds is 4. The number of hydrogen-bond acceptors (Lipinski definition) is 4. The van der Waals surface area contributed by atoms with Crippen LogP contribution >= 0.6 is 0 Å². The predicted molar refractivity (Wildman–Crippen MR) is 69.9 cm³/mol. The molecule has 0 amide bonds. The van der Waals surface area contributed by atoms with Crippen LogP contribution in [0.15, 0.2) is 23.1 Å². The van der Waals surface area contributed by atoms with Gasteiger partial charge in [0, 0.05) is 13.2 Å². The third kappa shape index (κ3) is 2.82. The molecule has 1 aromatic rings. The smallest absolute Gasteiger partial charge is 0.242 e. The van der Waals surface area contributed by atoms with Crippen molar-refractivity contribution in [2.75, 3.05) is 7.11 Å². The van der Waals surface area contributed by atoms with Crippen molar-refractivity contribution in [2.45, 2.75) is 36.3 Å². The summed E-state index contributed by atoms with van der Waals surface area (Å²) in [5, 5.41) is 8.91. The molecule has 0 saturated heterocycles. The molecule has 2 unspecified atom stereocenters. The highest BCUT2D eigenvalue weighted by molar-refractivity contribution is 7.89. The van der Waals surface area contributed by atoms with Gasteiger partial charge in [0.1, 0.15) is 22.3 Å². The van der Waals surface area contributed by atoms with E-state index in [1.54, 1.807) is 6.07 Å². The van der Waals surface area contributed by atoms with Crippen molar-refractivity contribution in [3.63, 3.8) is 0 Å². The Hall–Kier alpha value is -1.49. The Bertz CT molecular complexity index is 640. The fourth-order valence-electron chi connectivity index (χ4n) is 2.44. The van der Waals surface area contributed by atoms with Crippen LogP contribution in [-0.4, -0.2) is 27.7 Å². The molecule has 1 N–H and O–H groups in total. The average Bonchev–Trinajstić information content (AvgIpc) is 2.84. The summed E-state index contributed by atoms with van der Waals surface area (Å²) in [5.41, 5.74) is -0.466. The third-order valence-electron chi connectivity index (χ3n) is 3.44. The largest absolute Gasteiger partial charge is 0.380 e. The summed E-state index contributed by atoms with van der Waals surface area (Å²) in [6.45, 7) is 0. The Morgan fingerprint density at radius 1 is 1.45 bits per heavy atom. The molecule has 2 rings (SSSR count). The summed E-state index contributed by atoms with van der Waals surface area (Å²) < 4.78 is 45.8. The van der Waals surface area contributed by atoms with E-state index in [0.717, 1.165) is 18.9 Å². The van der Waals surface area contributed by atoms with Gasteiger partial charge in [-0.2, -0.15) is 5.26 Å². The van der Waals surface area contributed by atoms with Crippen molar-refractivity contribution >= 4 is 10.0 Å². The summed E-state index contributed by atoms with van der Waals surface area (Å²) in [4.78, 5) is -0.332. The van der Waals surface area contributed by atoms with Crippen LogP contribution in [0.4, 0.5) is 4.39 Å². The monoisotopic (exact) mass is 298 g/mol. The van der Waals surface area contributed by atoms with Crippen LogP contribution in [0, 0.1) is 17.1 Å². The molecule has 0 aliphatic heterocycles. The number of nitriles is 1. The first-order valence-corrected chi connectivity index (χ1v) is 7.71. The van der Waals surface area contributed by atoms with Crippen LogP contribution in [-0.2, 0) is 14.8 Å². The minimum absolute atomic E-state index is 0.191. The number of methoxy groups -OCH3 is 1. The number of hydrogen-bond donors (Lipinski definition) is 1. The van der Waals surface area contributed by atoms with Gasteiger partial charge in [-0.1, -0.05) is 6.07 Å². The minimum Gasteiger partial charge on any atom is -0.380 e. The molecule has 5 nitrogen and oxygen atoms in total. The third-order valence-corrected chi connectivity index (χ3v) is 4.97. The van der Waals surface area contributed by atoms with E-state index in [0.29, 0.717) is 6.42 Å². The van der Waals surface area contributed by atoms with Crippen LogP contribution in [0.3, 0.4) is 0 Å². The van der Waals surface area contributed by atoms with Gasteiger partial charge in [-0.3, -0.25) is 0 Å². The highest BCUT2D eigenvalue weighted by atomic mass is 32.2. The van der Waals surface area contributed by atoms with E-state index in [-0.39, 0.29) is 17.0 Å². The van der Waals surface area contributed by atoms with Gasteiger partial charge in [0.2, 0.25) is 10.0 Å². The second kappa shape index (κ2) is 5.87. The molecule has 0 spiro atoms. The van der Waals surface area contributed by atoms with Crippen molar-refractivity contribution in [1.82, 2.24) is 4.72 Å². The predicted octanol–water partition coefficient (Wildman–Crippen LogP) is 1.54. The van der Waals surface area contributed by atoms with E-state index in [9.17, 15) is 12.8 Å². The number of nitrogens with zero attached hydrogens (tertiary/aromatic N) is 1. The number of benzene rings is 1. The molecular formula is C13H15FN2O3S. The lowest BCUT2D eigenvalue weighted by Crippen LogP contribution is -2.40. The lowest BCUT2D eigenvalue weighted by Gasteiger charge is -2.19. The molecule has 1 aliphatic rings. The van der Waals surface area contributed by atoms with E-state index in [1.165, 1.54) is 19.2 Å². The van der Waals surface area contributed by atoms with Crippen LogP contribution in [0.2, 0.25) is 0 Å². The summed E-state index contributed by atoms with van der Waals surface area (Å²) in [7, 11) is -2.42. The van der Waals surface area contributed by atoms with Crippen molar-refractivity contribution in [1.29, 1.82) is 5.26 Å².